The van der Waals surface area contributed by atoms with E-state index in [-0.39, 0.29) is 0 Å². The van der Waals surface area contributed by atoms with E-state index in [0.717, 1.165) is 45.7 Å². The van der Waals surface area contributed by atoms with E-state index in [0.29, 0.717) is 0 Å². The second kappa shape index (κ2) is 18.4. The van der Waals surface area contributed by atoms with Crippen molar-refractivity contribution in [2.75, 3.05) is 0 Å². The highest BCUT2D eigenvalue weighted by Crippen LogP contribution is 2.53. The van der Waals surface area contributed by atoms with Crippen molar-refractivity contribution in [3.8, 4) is 60.2 Å². The van der Waals surface area contributed by atoms with Crippen molar-refractivity contribution < 1.29 is 0 Å². The predicted octanol–water partition coefficient (Wildman–Crippen LogP) is 18.8. The van der Waals surface area contributed by atoms with Crippen LogP contribution in [0.5, 0.6) is 0 Å². The van der Waals surface area contributed by atoms with E-state index < -0.39 is 0 Å². The Hall–Kier alpha value is -2.80. The lowest BCUT2D eigenvalue weighted by molar-refractivity contribution is 0.452. The average molecular weight is 909 g/mol. The first-order chi connectivity index (χ1) is 28.5. The van der Waals surface area contributed by atoms with Crippen LogP contribution in [0, 0.1) is 11.8 Å². The van der Waals surface area contributed by atoms with Crippen molar-refractivity contribution in [1.29, 1.82) is 0 Å². The number of unbranched alkanes of at least 4 members (excludes halogenated alkanes) is 2. The number of aromatic nitrogens is 2. The highest BCUT2D eigenvalue weighted by atomic mass is 32.1. The molecule has 0 spiro atoms. The fourth-order valence-corrected chi connectivity index (χ4v) is 16.4. The van der Waals surface area contributed by atoms with Crippen LogP contribution in [0.2, 0.25) is 0 Å². The van der Waals surface area contributed by atoms with Gasteiger partial charge in [-0.05, 0) is 96.1 Å². The molecular weight excluding hydrogens is 861 g/mol. The Kier molecular flexibility index (Phi) is 12.9. The molecule has 9 aromatic rings. The van der Waals surface area contributed by atoms with Crippen LogP contribution >= 0.6 is 90.7 Å². The van der Waals surface area contributed by atoms with Gasteiger partial charge in [0.05, 0.1) is 30.2 Å². The molecule has 0 aliphatic heterocycles. The van der Waals surface area contributed by atoms with Gasteiger partial charge in [0.1, 0.15) is 10.0 Å². The summed E-state index contributed by atoms with van der Waals surface area (Å²) >= 11 is 15.0. The molecule has 2 unspecified atom stereocenters. The van der Waals surface area contributed by atoms with Crippen LogP contribution < -0.4 is 0 Å². The van der Waals surface area contributed by atoms with E-state index >= 15 is 0 Å². The van der Waals surface area contributed by atoms with Crippen molar-refractivity contribution in [3.05, 3.63) is 93.3 Å². The zero-order valence-corrected chi connectivity index (χ0v) is 40.0. The zero-order valence-electron chi connectivity index (χ0n) is 33.5. The predicted molar refractivity (Wildman–Crippen MR) is 267 cm³/mol. The van der Waals surface area contributed by atoms with E-state index in [2.05, 4.69) is 111 Å². The molecule has 2 nitrogen and oxygen atoms in total. The van der Waals surface area contributed by atoms with E-state index in [1.807, 2.05) is 68.0 Å². The quantitative estimate of drug-likeness (QED) is 0.0857. The average Bonchev–Trinajstić information content (AvgIpc) is 4.07. The SMILES string of the molecule is CCCCC(CC)Cc1ccc(-c2c3nc(-c4ccc(-c5cccs5)s4)sc3c(-c3ccc(CC(CC)CCCC)s3)c3nc(-c4ccc(-c5cccs5)s4)sc23)s1. The normalized spacial score (nSPS) is 13.0. The molecule has 2 atom stereocenters. The maximum atomic E-state index is 5.67. The molecule has 10 heteroatoms. The number of thiazole rings is 2. The maximum absolute atomic E-state index is 5.67. The Balaban J connectivity index is 1.24. The highest BCUT2D eigenvalue weighted by Gasteiger charge is 2.27. The summed E-state index contributed by atoms with van der Waals surface area (Å²) < 4.78 is 2.53. The Labute approximate surface area is 375 Å². The van der Waals surface area contributed by atoms with Gasteiger partial charge in [-0.3, -0.25) is 0 Å². The smallest absolute Gasteiger partial charge is 0.134 e. The number of rotatable bonds is 18. The lowest BCUT2D eigenvalue weighted by Crippen LogP contribution is -2.01. The molecule has 298 valence electrons. The number of thiophene rings is 6. The molecule has 0 radical (unpaired) electrons. The number of hydrogen-bond donors (Lipinski definition) is 0. The Morgan fingerprint density at radius 1 is 0.448 bits per heavy atom. The maximum Gasteiger partial charge on any atom is 0.134 e. The van der Waals surface area contributed by atoms with Crippen LogP contribution in [0.4, 0.5) is 0 Å². The summed E-state index contributed by atoms with van der Waals surface area (Å²) in [6.07, 6.45) is 12.5. The first-order valence-electron chi connectivity index (χ1n) is 20.8. The van der Waals surface area contributed by atoms with Gasteiger partial charge in [-0.2, -0.15) is 0 Å². The molecule has 8 heterocycles. The van der Waals surface area contributed by atoms with Gasteiger partial charge in [0, 0.05) is 50.1 Å². The lowest BCUT2D eigenvalue weighted by Gasteiger charge is -2.13. The molecular formula is C48H48N2S8. The molecule has 0 aliphatic carbocycles. The molecule has 0 N–H and O–H groups in total. The molecule has 58 heavy (non-hydrogen) atoms. The summed E-state index contributed by atoms with van der Waals surface area (Å²) in [4.78, 5) is 24.7. The van der Waals surface area contributed by atoms with Crippen LogP contribution in [0.25, 0.3) is 80.6 Å². The summed E-state index contributed by atoms with van der Waals surface area (Å²) in [6.45, 7) is 9.35. The molecule has 1 aromatic carbocycles. The van der Waals surface area contributed by atoms with Gasteiger partial charge in [0.15, 0.2) is 0 Å². The summed E-state index contributed by atoms with van der Waals surface area (Å²) in [5.41, 5.74) is 4.80. The number of nitrogens with zero attached hydrogens (tertiary/aromatic N) is 2. The summed E-state index contributed by atoms with van der Waals surface area (Å²) in [7, 11) is 0. The minimum absolute atomic E-state index is 0.727. The molecule has 0 fully saturated rings. The molecule has 0 saturated carbocycles. The van der Waals surface area contributed by atoms with Crippen molar-refractivity contribution in [2.24, 2.45) is 11.8 Å². The molecule has 0 aliphatic rings. The molecule has 0 bridgehead atoms. The second-order valence-electron chi connectivity index (χ2n) is 15.2. The van der Waals surface area contributed by atoms with Gasteiger partial charge in [0.25, 0.3) is 0 Å². The number of fused-ring (bicyclic) bond motifs is 2. The first-order valence-corrected chi connectivity index (χ1v) is 27.4. The van der Waals surface area contributed by atoms with Crippen molar-refractivity contribution in [1.82, 2.24) is 9.97 Å². The Bertz CT molecular complexity index is 2470. The standard InChI is InChI=1S/C48H48N2S8/c1-5-9-13-29(7-3)27-31-17-19-37(53-31)41-43-46(58-47(49-43)39-23-21-35(55-39)33-15-11-25-51-33)42(38-20-18-32(54-38)28-30(8-4)14-10-6-2)44-45(41)57-48(50-44)40-24-22-36(56-40)34-16-12-26-52-34/h11-12,15-26,29-30H,5-10,13-14,27-28H2,1-4H3. The van der Waals surface area contributed by atoms with Crippen molar-refractivity contribution in [3.63, 3.8) is 0 Å². The third-order valence-corrected chi connectivity index (χ3v) is 20.3. The van der Waals surface area contributed by atoms with E-state index in [9.17, 15) is 0 Å². The lowest BCUT2D eigenvalue weighted by atomic mass is 9.95. The highest BCUT2D eigenvalue weighted by molar-refractivity contribution is 7.30. The minimum Gasteiger partial charge on any atom is -0.234 e. The Morgan fingerprint density at radius 2 is 0.879 bits per heavy atom. The van der Waals surface area contributed by atoms with Crippen LogP contribution in [0.1, 0.15) is 88.8 Å². The molecule has 0 amide bonds. The molecule has 9 rings (SSSR count). The van der Waals surface area contributed by atoms with Crippen LogP contribution in [-0.4, -0.2) is 9.97 Å². The largest absolute Gasteiger partial charge is 0.234 e. The van der Waals surface area contributed by atoms with Crippen LogP contribution in [0.15, 0.2) is 83.6 Å². The summed E-state index contributed by atoms with van der Waals surface area (Å²) in [5.74, 6) is 1.45. The monoisotopic (exact) mass is 908 g/mol. The van der Waals surface area contributed by atoms with E-state index in [1.54, 1.807) is 22.7 Å². The molecule has 8 aromatic heterocycles. The van der Waals surface area contributed by atoms with Gasteiger partial charge in [0.2, 0.25) is 0 Å². The number of benzene rings is 1. The molecule has 0 saturated heterocycles. The summed E-state index contributed by atoms with van der Waals surface area (Å²) in [6, 6.07) is 27.5. The van der Waals surface area contributed by atoms with Gasteiger partial charge in [-0.1, -0.05) is 91.2 Å². The first kappa shape index (κ1) is 40.6. The van der Waals surface area contributed by atoms with E-state index in [4.69, 9.17) is 9.97 Å². The summed E-state index contributed by atoms with van der Waals surface area (Å²) in [5, 5.41) is 6.54. The zero-order chi connectivity index (χ0) is 39.6. The van der Waals surface area contributed by atoms with E-state index in [1.165, 1.54) is 121 Å². The van der Waals surface area contributed by atoms with Crippen molar-refractivity contribution >= 4 is 111 Å². The fourth-order valence-electron chi connectivity index (χ4n) is 7.91. The Morgan fingerprint density at radius 3 is 1.28 bits per heavy atom. The third kappa shape index (κ3) is 8.42. The van der Waals surface area contributed by atoms with Crippen LogP contribution in [0.3, 0.4) is 0 Å². The fraction of sp³-hybridized carbons (Fsp3) is 0.333. The van der Waals surface area contributed by atoms with Gasteiger partial charge in [-0.15, -0.1) is 90.7 Å². The van der Waals surface area contributed by atoms with Gasteiger partial charge in [-0.25, -0.2) is 9.97 Å². The van der Waals surface area contributed by atoms with Gasteiger partial charge >= 0.3 is 0 Å². The third-order valence-electron chi connectivity index (χ3n) is 11.2. The van der Waals surface area contributed by atoms with Crippen LogP contribution in [-0.2, 0) is 12.8 Å². The minimum atomic E-state index is 0.727. The number of hydrogen-bond acceptors (Lipinski definition) is 10. The van der Waals surface area contributed by atoms with Gasteiger partial charge < -0.3 is 0 Å². The van der Waals surface area contributed by atoms with Crippen molar-refractivity contribution in [2.45, 2.75) is 91.9 Å². The topological polar surface area (TPSA) is 25.8 Å². The second-order valence-corrected chi connectivity index (χ2v) is 23.6.